The lowest BCUT2D eigenvalue weighted by atomic mass is 9.65. The molecule has 0 bridgehead atoms. The van der Waals surface area contributed by atoms with E-state index in [1.807, 2.05) is 26.0 Å². The summed E-state index contributed by atoms with van der Waals surface area (Å²) in [5.74, 6) is -4.73. The van der Waals surface area contributed by atoms with Gasteiger partial charge in [0.15, 0.2) is 0 Å². The summed E-state index contributed by atoms with van der Waals surface area (Å²) in [5.41, 5.74) is 6.06. The highest BCUT2D eigenvalue weighted by molar-refractivity contribution is 6.26. The topological polar surface area (TPSA) is 105 Å². The van der Waals surface area contributed by atoms with Gasteiger partial charge in [-0.3, -0.25) is 0 Å². The van der Waals surface area contributed by atoms with Crippen molar-refractivity contribution in [2.75, 3.05) is 28.4 Å². The molecule has 0 aromatic heterocycles. The molecule has 0 aliphatic heterocycles. The summed E-state index contributed by atoms with van der Waals surface area (Å²) in [7, 11) is 4.92. The third kappa shape index (κ3) is 5.45. The predicted molar refractivity (Wildman–Crippen MR) is 162 cm³/mol. The first kappa shape index (κ1) is 31.2. The number of ether oxygens (including phenoxy) is 4. The first-order chi connectivity index (χ1) is 20.5. The van der Waals surface area contributed by atoms with Gasteiger partial charge in [-0.15, -0.1) is 0 Å². The molecule has 0 amide bonds. The molecule has 0 saturated carbocycles. The Bertz CT molecular complexity index is 1630. The Kier molecular flexibility index (Phi) is 9.19. The Morgan fingerprint density at radius 1 is 0.791 bits per heavy atom. The minimum atomic E-state index is -0.953. The van der Waals surface area contributed by atoms with Gasteiger partial charge in [0.05, 0.1) is 45.2 Å². The molecule has 1 aromatic carbocycles. The van der Waals surface area contributed by atoms with Gasteiger partial charge in [0.25, 0.3) is 0 Å². The lowest BCUT2D eigenvalue weighted by Gasteiger charge is -2.36. The van der Waals surface area contributed by atoms with Crippen LogP contribution in [0.25, 0.3) is 16.7 Å². The maximum Gasteiger partial charge on any atom is 0.339 e. The number of benzene rings is 1. The lowest BCUT2D eigenvalue weighted by molar-refractivity contribution is -0.139. The van der Waals surface area contributed by atoms with E-state index in [9.17, 15) is 19.2 Å². The molecule has 0 radical (unpaired) electrons. The van der Waals surface area contributed by atoms with Crippen molar-refractivity contribution in [1.82, 2.24) is 0 Å². The molecule has 8 heteroatoms. The van der Waals surface area contributed by atoms with E-state index in [4.69, 9.17) is 18.9 Å². The van der Waals surface area contributed by atoms with Gasteiger partial charge in [-0.05, 0) is 64.3 Å². The highest BCUT2D eigenvalue weighted by Crippen LogP contribution is 2.58. The quantitative estimate of drug-likeness (QED) is 0.195. The van der Waals surface area contributed by atoms with Gasteiger partial charge in [0.2, 0.25) is 0 Å². The summed E-state index contributed by atoms with van der Waals surface area (Å²) in [6, 6.07) is 15.1. The van der Waals surface area contributed by atoms with Crippen LogP contribution in [0.1, 0.15) is 65.0 Å². The van der Waals surface area contributed by atoms with Gasteiger partial charge < -0.3 is 18.9 Å². The summed E-state index contributed by atoms with van der Waals surface area (Å²) >= 11 is 0. The number of fused-ring (bicyclic) bond motifs is 3. The van der Waals surface area contributed by atoms with E-state index in [1.165, 1.54) is 28.4 Å². The third-order valence-corrected chi connectivity index (χ3v) is 8.14. The second kappa shape index (κ2) is 12.7. The van der Waals surface area contributed by atoms with E-state index < -0.39 is 35.7 Å². The monoisotopic (exact) mass is 584 g/mol. The number of hydrogen-bond donors (Lipinski definition) is 0. The standard InChI is InChI=1S/C35H36O8/c1-18(2)22-15-14-19(3)26-23(16-22)20(4)27-30(26)29(24(33(37)41-6)17-25(36)40-5)28(21-12-10-9-11-13-21)32(35(39)43-8)31(27)34(38)42-7/h9-18,28-29H,1-8H3/b24-17-/t28-,29-/m0/s1. The van der Waals surface area contributed by atoms with Crippen LogP contribution >= 0.6 is 0 Å². The SMILES string of the molecule is COC(=O)/C=C(\C(=O)OC)[C@@H]1c2c(c(C)c3cc(C(C)C)ccc(C)c2-3)C(C(=O)OC)=C(C(=O)OC)[C@H]1c1ccccc1. The van der Waals surface area contributed by atoms with Crippen LogP contribution in [0.2, 0.25) is 0 Å². The van der Waals surface area contributed by atoms with Crippen molar-refractivity contribution in [1.29, 1.82) is 0 Å². The summed E-state index contributed by atoms with van der Waals surface area (Å²) in [5, 5.41) is 0. The van der Waals surface area contributed by atoms with Crippen LogP contribution in [0.4, 0.5) is 0 Å². The van der Waals surface area contributed by atoms with Crippen molar-refractivity contribution in [3.63, 3.8) is 0 Å². The molecule has 0 N–H and O–H groups in total. The molecule has 224 valence electrons. The van der Waals surface area contributed by atoms with Gasteiger partial charge in [-0.2, -0.15) is 0 Å². The number of aryl methyl sites for hydroxylation is 1. The Balaban J connectivity index is 2.34. The smallest absolute Gasteiger partial charge is 0.339 e. The fraction of sp³-hybridized carbons (Fsp3) is 0.314. The molecule has 0 spiro atoms. The summed E-state index contributed by atoms with van der Waals surface area (Å²) in [6.45, 7) is 8.02. The van der Waals surface area contributed by atoms with Crippen molar-refractivity contribution < 1.29 is 38.1 Å². The van der Waals surface area contributed by atoms with E-state index in [0.717, 1.165) is 33.9 Å². The van der Waals surface area contributed by atoms with Crippen LogP contribution in [0.15, 0.2) is 65.8 Å². The fourth-order valence-corrected chi connectivity index (χ4v) is 6.12. The Hall–Kier alpha value is -4.72. The fourth-order valence-electron chi connectivity index (χ4n) is 6.12. The highest BCUT2D eigenvalue weighted by atomic mass is 16.5. The Labute approximate surface area is 251 Å². The Morgan fingerprint density at radius 3 is 2.00 bits per heavy atom. The van der Waals surface area contributed by atoms with E-state index in [2.05, 4.69) is 26.0 Å². The van der Waals surface area contributed by atoms with Crippen LogP contribution in [0.3, 0.4) is 0 Å². The summed E-state index contributed by atoms with van der Waals surface area (Å²) < 4.78 is 20.7. The molecule has 0 fully saturated rings. The number of methoxy groups -OCH3 is 4. The van der Waals surface area contributed by atoms with Gasteiger partial charge in [-0.25, -0.2) is 19.2 Å². The third-order valence-electron chi connectivity index (χ3n) is 8.14. The van der Waals surface area contributed by atoms with Crippen molar-refractivity contribution in [3.8, 4) is 11.1 Å². The molecule has 2 atom stereocenters. The molecule has 3 aliphatic rings. The molecule has 8 nitrogen and oxygen atoms in total. The van der Waals surface area contributed by atoms with Gasteiger partial charge in [-0.1, -0.05) is 62.4 Å². The normalized spacial score (nSPS) is 16.5. The average Bonchev–Trinajstić information content (AvgIpc) is 3.17. The zero-order valence-electron chi connectivity index (χ0n) is 25.7. The number of rotatable bonds is 7. The van der Waals surface area contributed by atoms with Gasteiger partial charge in [0.1, 0.15) is 0 Å². The van der Waals surface area contributed by atoms with Crippen LogP contribution in [-0.4, -0.2) is 52.3 Å². The summed E-state index contributed by atoms with van der Waals surface area (Å²) in [6.07, 6.45) is 1.10. The molecule has 3 aliphatic carbocycles. The van der Waals surface area contributed by atoms with Crippen LogP contribution in [0, 0.1) is 13.8 Å². The van der Waals surface area contributed by atoms with E-state index in [1.54, 1.807) is 24.3 Å². The number of hydrogen-bond acceptors (Lipinski definition) is 8. The molecular weight excluding hydrogens is 548 g/mol. The second-order valence-corrected chi connectivity index (χ2v) is 10.8. The average molecular weight is 585 g/mol. The van der Waals surface area contributed by atoms with Crippen molar-refractivity contribution in [3.05, 3.63) is 99.1 Å². The maximum absolute atomic E-state index is 13.7. The van der Waals surface area contributed by atoms with Gasteiger partial charge in [0, 0.05) is 17.9 Å². The zero-order chi connectivity index (χ0) is 31.6. The van der Waals surface area contributed by atoms with E-state index in [-0.39, 0.29) is 22.6 Å². The van der Waals surface area contributed by atoms with Crippen LogP contribution in [-0.2, 0) is 38.1 Å². The minimum Gasteiger partial charge on any atom is -0.466 e. The molecule has 43 heavy (non-hydrogen) atoms. The minimum absolute atomic E-state index is 0.0160. The maximum atomic E-state index is 13.7. The van der Waals surface area contributed by atoms with Crippen LogP contribution < -0.4 is 0 Å². The molecule has 0 heterocycles. The van der Waals surface area contributed by atoms with E-state index in [0.29, 0.717) is 16.7 Å². The number of esters is 4. The first-order valence-electron chi connectivity index (χ1n) is 13.9. The first-order valence-corrected chi connectivity index (χ1v) is 13.9. The van der Waals surface area contributed by atoms with Crippen molar-refractivity contribution in [2.45, 2.75) is 45.4 Å². The molecule has 4 rings (SSSR count). The second-order valence-electron chi connectivity index (χ2n) is 10.8. The van der Waals surface area contributed by atoms with Crippen molar-refractivity contribution in [2.24, 2.45) is 0 Å². The summed E-state index contributed by atoms with van der Waals surface area (Å²) in [4.78, 5) is 53.8. The lowest BCUT2D eigenvalue weighted by Crippen LogP contribution is -2.31. The van der Waals surface area contributed by atoms with Crippen LogP contribution in [0.5, 0.6) is 0 Å². The number of carbonyl (C=O) groups excluding carboxylic acids is 4. The number of carbonyl (C=O) groups is 4. The highest BCUT2D eigenvalue weighted by Gasteiger charge is 2.49. The molecule has 1 aromatic rings. The predicted octanol–water partition coefficient (Wildman–Crippen LogP) is 5.78. The molecular formula is C35H36O8. The van der Waals surface area contributed by atoms with Crippen molar-refractivity contribution >= 4 is 29.5 Å². The van der Waals surface area contributed by atoms with Gasteiger partial charge >= 0.3 is 23.9 Å². The Morgan fingerprint density at radius 2 is 1.44 bits per heavy atom. The largest absolute Gasteiger partial charge is 0.466 e. The molecule has 0 saturated heterocycles. The molecule has 0 unspecified atom stereocenters. The van der Waals surface area contributed by atoms with E-state index >= 15 is 0 Å². The zero-order valence-corrected chi connectivity index (χ0v) is 25.7.